The van der Waals surface area contributed by atoms with E-state index in [9.17, 15) is 4.79 Å². The number of hydrogen-bond acceptors (Lipinski definition) is 2. The Morgan fingerprint density at radius 2 is 1.84 bits per heavy atom. The van der Waals surface area contributed by atoms with Crippen molar-refractivity contribution in [1.82, 2.24) is 9.78 Å². The molecule has 128 valence electrons. The number of aromatic amines is 1. The van der Waals surface area contributed by atoms with Crippen molar-refractivity contribution in [2.24, 2.45) is 4.99 Å². The van der Waals surface area contributed by atoms with E-state index in [2.05, 4.69) is 48.6 Å². The van der Waals surface area contributed by atoms with Crippen LogP contribution in [0.4, 0.5) is 5.69 Å². The fourth-order valence-electron chi connectivity index (χ4n) is 2.59. The second-order valence-corrected chi connectivity index (χ2v) is 7.83. The lowest BCUT2D eigenvalue weighted by molar-refractivity contribution is 0.827. The summed E-state index contributed by atoms with van der Waals surface area (Å²) in [6.45, 7) is 5.93. The number of halogens is 2. The zero-order valence-electron chi connectivity index (χ0n) is 14.1. The average Bonchev–Trinajstić information content (AvgIpc) is 2.86. The molecule has 0 saturated carbocycles. The number of nitrogens with zero attached hydrogens (tertiary/aromatic N) is 2. The van der Waals surface area contributed by atoms with E-state index in [1.54, 1.807) is 10.9 Å². The van der Waals surface area contributed by atoms with Crippen LogP contribution in [0.5, 0.6) is 0 Å². The largest absolute Gasteiger partial charge is 0.295 e. The summed E-state index contributed by atoms with van der Waals surface area (Å²) >= 11 is 5.77. The molecule has 0 spiro atoms. The van der Waals surface area contributed by atoms with E-state index in [0.717, 1.165) is 36.2 Å². The van der Waals surface area contributed by atoms with Crippen molar-refractivity contribution in [2.75, 3.05) is 0 Å². The summed E-state index contributed by atoms with van der Waals surface area (Å²) in [5.74, 6) is 0. The predicted molar refractivity (Wildman–Crippen MR) is 115 cm³/mol. The van der Waals surface area contributed by atoms with Gasteiger partial charge in [0.2, 0.25) is 0 Å². The van der Waals surface area contributed by atoms with Crippen LogP contribution in [-0.4, -0.2) is 16.0 Å². The van der Waals surface area contributed by atoms with Gasteiger partial charge in [0.15, 0.2) is 0 Å². The number of benzene rings is 2. The van der Waals surface area contributed by atoms with Crippen molar-refractivity contribution >= 4 is 50.4 Å². The lowest BCUT2D eigenvalue weighted by Gasteiger charge is -2.10. The molecule has 25 heavy (non-hydrogen) atoms. The first-order valence-corrected chi connectivity index (χ1v) is 9.63. The lowest BCUT2D eigenvalue weighted by atomic mass is 10.1. The molecule has 1 aromatic heterocycles. The molecule has 4 nitrogen and oxygen atoms in total. The molecule has 1 N–H and O–H groups in total. The number of para-hydroxylation sites is 1. The summed E-state index contributed by atoms with van der Waals surface area (Å²) in [4.78, 5) is 17.4. The van der Waals surface area contributed by atoms with Crippen LogP contribution in [-0.2, 0) is 0 Å². The van der Waals surface area contributed by atoms with Crippen LogP contribution in [0.15, 0.2) is 50.7 Å². The second-order valence-electron chi connectivity index (χ2n) is 5.82. The summed E-state index contributed by atoms with van der Waals surface area (Å²) in [6.07, 6.45) is 1.64. The first kappa shape index (κ1) is 18.1. The summed E-state index contributed by atoms with van der Waals surface area (Å²) in [5, 5.41) is 3.16. The zero-order valence-corrected chi connectivity index (χ0v) is 17.8. The van der Waals surface area contributed by atoms with Gasteiger partial charge in [0.25, 0.3) is 5.56 Å². The third-order valence-electron chi connectivity index (χ3n) is 4.24. The number of nitrogens with one attached hydrogen (secondary N) is 1. The van der Waals surface area contributed by atoms with E-state index < -0.39 is 0 Å². The van der Waals surface area contributed by atoms with Crippen LogP contribution >= 0.6 is 38.5 Å². The lowest BCUT2D eigenvalue weighted by Crippen LogP contribution is -2.18. The van der Waals surface area contributed by atoms with Crippen LogP contribution in [0.2, 0.25) is 0 Å². The Kier molecular flexibility index (Phi) is 5.29. The van der Waals surface area contributed by atoms with E-state index in [4.69, 9.17) is 0 Å². The Hall–Kier alpha value is -1.67. The molecule has 0 amide bonds. The number of aliphatic imine (C=N–C) groups is 1. The molecule has 0 fully saturated rings. The average molecular weight is 510 g/mol. The van der Waals surface area contributed by atoms with Gasteiger partial charge in [-0.05, 0) is 78.8 Å². The van der Waals surface area contributed by atoms with Crippen LogP contribution < -0.4 is 5.56 Å². The molecule has 0 aliphatic heterocycles. The monoisotopic (exact) mass is 509 g/mol. The topological polar surface area (TPSA) is 50.1 Å². The molecule has 2 aromatic carbocycles. The minimum atomic E-state index is -0.1000. The number of aryl methyl sites for hydroxylation is 1. The van der Waals surface area contributed by atoms with E-state index in [1.165, 1.54) is 0 Å². The van der Waals surface area contributed by atoms with Crippen molar-refractivity contribution in [1.29, 1.82) is 0 Å². The molecule has 0 atom stereocenters. The fourth-order valence-corrected chi connectivity index (χ4v) is 3.54. The normalized spacial score (nSPS) is 11.4. The molecular weight excluding hydrogens is 493 g/mol. The van der Waals surface area contributed by atoms with Gasteiger partial charge in [0.1, 0.15) is 0 Å². The number of rotatable bonds is 3. The maximum atomic E-state index is 12.9. The molecule has 3 rings (SSSR count). The van der Waals surface area contributed by atoms with Gasteiger partial charge < -0.3 is 0 Å². The smallest absolute Gasteiger partial charge is 0.280 e. The van der Waals surface area contributed by atoms with Crippen molar-refractivity contribution in [3.05, 3.63) is 77.2 Å². The van der Waals surface area contributed by atoms with Crippen LogP contribution in [0, 0.1) is 24.3 Å². The highest BCUT2D eigenvalue weighted by atomic mass is 127. The molecule has 0 aliphatic rings. The molecule has 0 radical (unpaired) electrons. The van der Waals surface area contributed by atoms with E-state index in [-0.39, 0.29) is 5.56 Å². The zero-order chi connectivity index (χ0) is 18.1. The molecule has 0 saturated heterocycles. The number of aromatic nitrogens is 2. The first-order chi connectivity index (χ1) is 11.9. The Balaban J connectivity index is 2.07. The predicted octanol–water partition coefficient (Wildman–Crippen LogP) is 5.21. The van der Waals surface area contributed by atoms with Gasteiger partial charge in [-0.2, -0.15) is 0 Å². The van der Waals surface area contributed by atoms with Gasteiger partial charge in [0, 0.05) is 20.0 Å². The Bertz CT molecular complexity index is 1030. The maximum Gasteiger partial charge on any atom is 0.280 e. The summed E-state index contributed by atoms with van der Waals surface area (Å²) in [5.41, 5.74) is 5.13. The van der Waals surface area contributed by atoms with E-state index in [0.29, 0.717) is 5.56 Å². The number of H-pyrrole nitrogens is 1. The molecule has 0 bridgehead atoms. The third kappa shape index (κ3) is 3.50. The molecule has 6 heteroatoms. The quantitative estimate of drug-likeness (QED) is 0.382. The van der Waals surface area contributed by atoms with Gasteiger partial charge in [0.05, 0.1) is 16.9 Å². The van der Waals surface area contributed by atoms with Crippen LogP contribution in [0.1, 0.15) is 22.4 Å². The minimum Gasteiger partial charge on any atom is -0.295 e. The van der Waals surface area contributed by atoms with Crippen molar-refractivity contribution in [2.45, 2.75) is 20.8 Å². The van der Waals surface area contributed by atoms with Crippen LogP contribution in [0.3, 0.4) is 0 Å². The molecule has 3 aromatic rings. The number of hydrogen-bond donors (Lipinski definition) is 1. The molecular formula is C19H17BrIN3O. The fraction of sp³-hybridized carbons (Fsp3) is 0.158. The SMILES string of the molecule is Cc1[nH]n(-c2ccc(Br)c(C)c2C)c(=O)c1C=Nc1ccccc1I. The Morgan fingerprint density at radius 3 is 2.56 bits per heavy atom. The second kappa shape index (κ2) is 7.29. The van der Waals surface area contributed by atoms with Crippen molar-refractivity contribution in [3.63, 3.8) is 0 Å². The van der Waals surface area contributed by atoms with E-state index in [1.807, 2.05) is 57.2 Å². The Morgan fingerprint density at radius 1 is 1.12 bits per heavy atom. The van der Waals surface area contributed by atoms with Gasteiger partial charge >= 0.3 is 0 Å². The highest BCUT2D eigenvalue weighted by molar-refractivity contribution is 14.1. The summed E-state index contributed by atoms with van der Waals surface area (Å²) in [6, 6.07) is 11.7. The third-order valence-corrected chi connectivity index (χ3v) is 6.01. The molecule has 0 unspecified atom stereocenters. The minimum absolute atomic E-state index is 0.1000. The maximum absolute atomic E-state index is 12.9. The van der Waals surface area contributed by atoms with Crippen molar-refractivity contribution < 1.29 is 0 Å². The van der Waals surface area contributed by atoms with Crippen LogP contribution in [0.25, 0.3) is 5.69 Å². The van der Waals surface area contributed by atoms with Gasteiger partial charge in [-0.3, -0.25) is 14.9 Å². The Labute approximate surface area is 168 Å². The first-order valence-electron chi connectivity index (χ1n) is 7.76. The highest BCUT2D eigenvalue weighted by Gasteiger charge is 2.14. The van der Waals surface area contributed by atoms with Crippen molar-refractivity contribution in [3.8, 4) is 5.69 Å². The summed E-state index contributed by atoms with van der Waals surface area (Å²) in [7, 11) is 0. The molecule has 1 heterocycles. The standard InChI is InChI=1S/C19H17BrIN3O/c1-11-12(2)18(9-8-15(11)20)24-19(25)14(13(3)23-24)10-22-17-7-5-4-6-16(17)21/h4-10,23H,1-3H3. The van der Waals surface area contributed by atoms with Gasteiger partial charge in [-0.15, -0.1) is 0 Å². The van der Waals surface area contributed by atoms with Gasteiger partial charge in [-0.1, -0.05) is 28.1 Å². The van der Waals surface area contributed by atoms with E-state index >= 15 is 0 Å². The van der Waals surface area contributed by atoms with Gasteiger partial charge in [-0.25, -0.2) is 4.68 Å². The summed E-state index contributed by atoms with van der Waals surface area (Å²) < 4.78 is 3.66. The highest BCUT2D eigenvalue weighted by Crippen LogP contribution is 2.24. The molecule has 0 aliphatic carbocycles.